The number of halogens is 1. The lowest BCUT2D eigenvalue weighted by Crippen LogP contribution is -2.42. The molecule has 0 spiro atoms. The van der Waals surface area contributed by atoms with E-state index in [0.29, 0.717) is 10.7 Å². The fourth-order valence-electron chi connectivity index (χ4n) is 1.44. The third kappa shape index (κ3) is 5.61. The van der Waals surface area contributed by atoms with Gasteiger partial charge in [0, 0.05) is 16.8 Å². The summed E-state index contributed by atoms with van der Waals surface area (Å²) in [5, 5.41) is 8.43. The summed E-state index contributed by atoms with van der Waals surface area (Å²) in [6.07, 6.45) is 0. The topological polar surface area (TPSA) is 70.2 Å². The molecule has 3 amide bonds. The summed E-state index contributed by atoms with van der Waals surface area (Å²) in [4.78, 5) is 23.0. The second-order valence-corrected chi connectivity index (χ2v) is 4.93. The van der Waals surface area contributed by atoms with Gasteiger partial charge in [-0.05, 0) is 44.5 Å². The van der Waals surface area contributed by atoms with Gasteiger partial charge >= 0.3 is 6.03 Å². The number of anilines is 1. The average molecular weight is 284 g/mol. The number of benzene rings is 1. The normalized spacial score (nSPS) is 10.2. The second kappa shape index (κ2) is 6.99. The monoisotopic (exact) mass is 283 g/mol. The number of rotatable bonds is 4. The first kappa shape index (κ1) is 15.3. The molecule has 5 nitrogen and oxygen atoms in total. The summed E-state index contributed by atoms with van der Waals surface area (Å²) in [7, 11) is 0. The Morgan fingerprint density at radius 2 is 2.00 bits per heavy atom. The first-order valence-electron chi connectivity index (χ1n) is 5.99. The van der Waals surface area contributed by atoms with E-state index in [1.807, 2.05) is 20.8 Å². The number of carbonyl (C=O) groups is 2. The maximum absolute atomic E-state index is 11.7. The molecule has 0 atom stereocenters. The first-order valence-corrected chi connectivity index (χ1v) is 6.36. The van der Waals surface area contributed by atoms with Crippen LogP contribution < -0.4 is 16.0 Å². The highest BCUT2D eigenvalue weighted by Gasteiger charge is 2.07. The molecule has 0 aromatic heterocycles. The minimum absolute atomic E-state index is 0.0292. The molecule has 1 aromatic rings. The zero-order valence-corrected chi connectivity index (χ0v) is 12.0. The van der Waals surface area contributed by atoms with Crippen LogP contribution in [0.1, 0.15) is 19.4 Å². The second-order valence-electron chi connectivity index (χ2n) is 4.49. The molecule has 0 aliphatic heterocycles. The van der Waals surface area contributed by atoms with Gasteiger partial charge in [0.25, 0.3) is 0 Å². The van der Waals surface area contributed by atoms with Crippen LogP contribution in [-0.4, -0.2) is 24.5 Å². The molecule has 0 radical (unpaired) electrons. The van der Waals surface area contributed by atoms with E-state index in [1.54, 1.807) is 18.2 Å². The van der Waals surface area contributed by atoms with Gasteiger partial charge in [0.2, 0.25) is 5.91 Å². The quantitative estimate of drug-likeness (QED) is 0.793. The van der Waals surface area contributed by atoms with Crippen LogP contribution in [-0.2, 0) is 4.79 Å². The minimum atomic E-state index is -0.363. The van der Waals surface area contributed by atoms with Gasteiger partial charge in [-0.3, -0.25) is 4.79 Å². The number of amides is 3. The van der Waals surface area contributed by atoms with Gasteiger partial charge in [-0.1, -0.05) is 11.6 Å². The predicted octanol–water partition coefficient (Wildman–Crippen LogP) is 2.29. The predicted molar refractivity (Wildman–Crippen MR) is 76.5 cm³/mol. The Morgan fingerprint density at radius 1 is 1.32 bits per heavy atom. The molecule has 0 saturated heterocycles. The fourth-order valence-corrected chi connectivity index (χ4v) is 1.66. The molecule has 0 bridgehead atoms. The van der Waals surface area contributed by atoms with E-state index < -0.39 is 0 Å². The van der Waals surface area contributed by atoms with Crippen LogP contribution >= 0.6 is 11.6 Å². The molecule has 0 saturated carbocycles. The van der Waals surface area contributed by atoms with Crippen molar-refractivity contribution in [3.8, 4) is 0 Å². The van der Waals surface area contributed by atoms with Crippen molar-refractivity contribution in [2.45, 2.75) is 26.8 Å². The molecule has 3 N–H and O–H groups in total. The third-order valence-electron chi connectivity index (χ3n) is 2.29. The van der Waals surface area contributed by atoms with E-state index >= 15 is 0 Å². The molecule has 104 valence electrons. The Morgan fingerprint density at radius 3 is 2.58 bits per heavy atom. The fraction of sp³-hybridized carbons (Fsp3) is 0.385. The molecule has 0 aliphatic rings. The standard InChI is InChI=1S/C13H18ClN3O2/c1-8(2)16-13(19)15-7-12(18)17-11-5-4-10(14)6-9(11)3/h4-6,8H,7H2,1-3H3,(H,17,18)(H2,15,16,19). The zero-order chi connectivity index (χ0) is 14.4. The van der Waals surface area contributed by atoms with Gasteiger partial charge in [-0.2, -0.15) is 0 Å². The summed E-state index contributed by atoms with van der Waals surface area (Å²) in [5.41, 5.74) is 1.55. The highest BCUT2D eigenvalue weighted by Crippen LogP contribution is 2.19. The molecule has 1 aromatic carbocycles. The Kier molecular flexibility index (Phi) is 5.63. The van der Waals surface area contributed by atoms with Crippen molar-refractivity contribution in [1.82, 2.24) is 10.6 Å². The Balaban J connectivity index is 2.45. The number of aryl methyl sites for hydroxylation is 1. The lowest BCUT2D eigenvalue weighted by molar-refractivity contribution is -0.115. The Labute approximate surface area is 117 Å². The molecule has 0 aliphatic carbocycles. The van der Waals surface area contributed by atoms with E-state index in [0.717, 1.165) is 5.56 Å². The molecule has 1 rings (SSSR count). The van der Waals surface area contributed by atoms with Gasteiger partial charge in [0.1, 0.15) is 0 Å². The summed E-state index contributed by atoms with van der Waals surface area (Å²) >= 11 is 5.83. The molecule has 0 fully saturated rings. The molecular weight excluding hydrogens is 266 g/mol. The summed E-state index contributed by atoms with van der Waals surface area (Å²) in [5.74, 6) is -0.288. The van der Waals surface area contributed by atoms with Gasteiger partial charge < -0.3 is 16.0 Å². The minimum Gasteiger partial charge on any atom is -0.336 e. The number of carbonyl (C=O) groups excluding carboxylic acids is 2. The lowest BCUT2D eigenvalue weighted by atomic mass is 10.2. The lowest BCUT2D eigenvalue weighted by Gasteiger charge is -2.11. The van der Waals surface area contributed by atoms with Gasteiger partial charge in [0.05, 0.1) is 6.54 Å². The van der Waals surface area contributed by atoms with Crippen LogP contribution in [0, 0.1) is 6.92 Å². The van der Waals surface area contributed by atoms with Crippen LogP contribution in [0.25, 0.3) is 0 Å². The summed E-state index contributed by atoms with van der Waals surface area (Å²) in [6.45, 7) is 5.45. The van der Waals surface area contributed by atoms with Crippen molar-refractivity contribution in [3.63, 3.8) is 0 Å². The Bertz CT molecular complexity index is 475. The van der Waals surface area contributed by atoms with Crippen molar-refractivity contribution < 1.29 is 9.59 Å². The summed E-state index contributed by atoms with van der Waals surface area (Å²) in [6, 6.07) is 4.85. The molecule has 19 heavy (non-hydrogen) atoms. The van der Waals surface area contributed by atoms with Crippen LogP contribution in [0.15, 0.2) is 18.2 Å². The molecule has 6 heteroatoms. The van der Waals surface area contributed by atoms with Crippen molar-refractivity contribution in [2.24, 2.45) is 0 Å². The van der Waals surface area contributed by atoms with E-state index in [1.165, 1.54) is 0 Å². The van der Waals surface area contributed by atoms with Gasteiger partial charge in [-0.15, -0.1) is 0 Å². The summed E-state index contributed by atoms with van der Waals surface area (Å²) < 4.78 is 0. The zero-order valence-electron chi connectivity index (χ0n) is 11.2. The van der Waals surface area contributed by atoms with Crippen LogP contribution in [0.4, 0.5) is 10.5 Å². The maximum atomic E-state index is 11.7. The SMILES string of the molecule is Cc1cc(Cl)ccc1NC(=O)CNC(=O)NC(C)C. The van der Waals surface area contributed by atoms with E-state index in [2.05, 4.69) is 16.0 Å². The highest BCUT2D eigenvalue weighted by molar-refractivity contribution is 6.30. The smallest absolute Gasteiger partial charge is 0.315 e. The average Bonchev–Trinajstić information content (AvgIpc) is 2.29. The molecule has 0 unspecified atom stereocenters. The van der Waals surface area contributed by atoms with Crippen molar-refractivity contribution in [1.29, 1.82) is 0 Å². The maximum Gasteiger partial charge on any atom is 0.315 e. The number of nitrogens with one attached hydrogen (secondary N) is 3. The Hall–Kier alpha value is -1.75. The number of hydrogen-bond donors (Lipinski definition) is 3. The van der Waals surface area contributed by atoms with Crippen molar-refractivity contribution >= 4 is 29.2 Å². The highest BCUT2D eigenvalue weighted by atomic mass is 35.5. The van der Waals surface area contributed by atoms with E-state index in [4.69, 9.17) is 11.6 Å². The van der Waals surface area contributed by atoms with Crippen molar-refractivity contribution in [2.75, 3.05) is 11.9 Å². The number of urea groups is 1. The van der Waals surface area contributed by atoms with Crippen LogP contribution in [0.5, 0.6) is 0 Å². The van der Waals surface area contributed by atoms with E-state index in [-0.39, 0.29) is 24.5 Å². The van der Waals surface area contributed by atoms with Gasteiger partial charge in [-0.25, -0.2) is 4.79 Å². The largest absolute Gasteiger partial charge is 0.336 e. The van der Waals surface area contributed by atoms with E-state index in [9.17, 15) is 9.59 Å². The molecule has 0 heterocycles. The molecular formula is C13H18ClN3O2. The third-order valence-corrected chi connectivity index (χ3v) is 2.53. The van der Waals surface area contributed by atoms with Crippen LogP contribution in [0.2, 0.25) is 5.02 Å². The van der Waals surface area contributed by atoms with Crippen LogP contribution in [0.3, 0.4) is 0 Å². The first-order chi connectivity index (χ1) is 8.88. The van der Waals surface area contributed by atoms with Crippen molar-refractivity contribution in [3.05, 3.63) is 28.8 Å². The number of hydrogen-bond acceptors (Lipinski definition) is 2. The van der Waals surface area contributed by atoms with Gasteiger partial charge in [0.15, 0.2) is 0 Å².